The van der Waals surface area contributed by atoms with E-state index in [2.05, 4.69) is 22.0 Å². The van der Waals surface area contributed by atoms with Gasteiger partial charge < -0.3 is 15.2 Å². The van der Waals surface area contributed by atoms with Crippen molar-refractivity contribution >= 4 is 0 Å². The molecule has 3 rings (SSSR count). The summed E-state index contributed by atoms with van der Waals surface area (Å²) in [5.41, 5.74) is 6.33. The average Bonchev–Trinajstić information content (AvgIpc) is 3.09. The molecule has 1 atom stereocenters. The van der Waals surface area contributed by atoms with E-state index in [-0.39, 0.29) is 11.5 Å². The third-order valence-corrected chi connectivity index (χ3v) is 4.90. The van der Waals surface area contributed by atoms with E-state index in [0.29, 0.717) is 5.82 Å². The van der Waals surface area contributed by atoms with E-state index >= 15 is 0 Å². The first-order valence-electron chi connectivity index (χ1n) is 7.99. The molecule has 5 heteroatoms. The second-order valence-corrected chi connectivity index (χ2v) is 6.69. The molecule has 0 spiro atoms. The standard InChI is InChI=1S/C15H26N4O/c1-15(7-3-4-8-15)14-17-13(18-20-14)12(16)11-19-9-5-2-6-10-19/h12H,2-11,16H2,1H3. The van der Waals surface area contributed by atoms with Gasteiger partial charge in [0.05, 0.1) is 6.04 Å². The predicted molar refractivity (Wildman–Crippen MR) is 77.3 cm³/mol. The number of nitrogens with two attached hydrogens (primary N) is 1. The molecule has 1 unspecified atom stereocenters. The highest BCUT2D eigenvalue weighted by Crippen LogP contribution is 2.39. The maximum Gasteiger partial charge on any atom is 0.232 e. The molecular weight excluding hydrogens is 252 g/mol. The molecule has 20 heavy (non-hydrogen) atoms. The first-order chi connectivity index (χ1) is 9.67. The molecule has 1 aromatic heterocycles. The van der Waals surface area contributed by atoms with Crippen LogP contribution in [0.2, 0.25) is 0 Å². The Morgan fingerprint density at radius 3 is 2.60 bits per heavy atom. The summed E-state index contributed by atoms with van der Waals surface area (Å²) >= 11 is 0. The maximum absolute atomic E-state index is 6.25. The van der Waals surface area contributed by atoms with Gasteiger partial charge in [-0.05, 0) is 38.8 Å². The number of piperidine rings is 1. The van der Waals surface area contributed by atoms with Crippen molar-refractivity contribution < 1.29 is 4.52 Å². The minimum atomic E-state index is -0.129. The van der Waals surface area contributed by atoms with Gasteiger partial charge in [0.25, 0.3) is 0 Å². The van der Waals surface area contributed by atoms with Crippen molar-refractivity contribution in [2.75, 3.05) is 19.6 Å². The number of hydrogen-bond acceptors (Lipinski definition) is 5. The second-order valence-electron chi connectivity index (χ2n) is 6.69. The van der Waals surface area contributed by atoms with Crippen LogP contribution >= 0.6 is 0 Å². The molecule has 2 aliphatic rings. The molecule has 0 amide bonds. The zero-order valence-corrected chi connectivity index (χ0v) is 12.5. The number of aromatic nitrogens is 2. The first-order valence-corrected chi connectivity index (χ1v) is 7.99. The minimum Gasteiger partial charge on any atom is -0.339 e. The van der Waals surface area contributed by atoms with Gasteiger partial charge in [-0.3, -0.25) is 0 Å². The Kier molecular flexibility index (Phi) is 4.08. The van der Waals surface area contributed by atoms with E-state index in [1.807, 2.05) is 0 Å². The van der Waals surface area contributed by atoms with Crippen LogP contribution in [0.5, 0.6) is 0 Å². The van der Waals surface area contributed by atoms with Crippen LogP contribution in [0.4, 0.5) is 0 Å². The van der Waals surface area contributed by atoms with Gasteiger partial charge in [0.1, 0.15) is 0 Å². The number of likely N-dealkylation sites (tertiary alicyclic amines) is 1. The molecule has 0 bridgehead atoms. The largest absolute Gasteiger partial charge is 0.339 e. The van der Waals surface area contributed by atoms with Crippen LogP contribution in [0.15, 0.2) is 4.52 Å². The Morgan fingerprint density at radius 1 is 1.20 bits per heavy atom. The van der Waals surface area contributed by atoms with Crippen LogP contribution in [0.25, 0.3) is 0 Å². The van der Waals surface area contributed by atoms with Crippen molar-refractivity contribution in [2.45, 2.75) is 63.3 Å². The lowest BCUT2D eigenvalue weighted by atomic mass is 9.89. The van der Waals surface area contributed by atoms with E-state index in [9.17, 15) is 0 Å². The third-order valence-electron chi connectivity index (χ3n) is 4.90. The number of hydrogen-bond donors (Lipinski definition) is 1. The molecule has 1 saturated carbocycles. The van der Waals surface area contributed by atoms with Gasteiger partial charge in [0.2, 0.25) is 5.89 Å². The van der Waals surface area contributed by atoms with Gasteiger partial charge in [-0.1, -0.05) is 31.3 Å². The Morgan fingerprint density at radius 2 is 1.90 bits per heavy atom. The Hall–Kier alpha value is -0.940. The fourth-order valence-electron chi connectivity index (χ4n) is 3.50. The lowest BCUT2D eigenvalue weighted by Gasteiger charge is -2.27. The summed E-state index contributed by atoms with van der Waals surface area (Å²) in [5.74, 6) is 1.47. The quantitative estimate of drug-likeness (QED) is 0.916. The summed E-state index contributed by atoms with van der Waals surface area (Å²) in [5, 5.41) is 4.13. The van der Waals surface area contributed by atoms with Crippen molar-refractivity contribution in [1.82, 2.24) is 15.0 Å². The molecule has 112 valence electrons. The van der Waals surface area contributed by atoms with Crippen molar-refractivity contribution in [3.8, 4) is 0 Å². The third kappa shape index (κ3) is 2.88. The molecule has 2 fully saturated rings. The van der Waals surface area contributed by atoms with Crippen LogP contribution in [-0.4, -0.2) is 34.7 Å². The SMILES string of the molecule is CC1(c2nc(C(N)CN3CCCCC3)no2)CCCC1. The molecule has 2 N–H and O–H groups in total. The van der Waals surface area contributed by atoms with E-state index in [1.54, 1.807) is 0 Å². The molecule has 0 radical (unpaired) electrons. The predicted octanol–water partition coefficient (Wildman–Crippen LogP) is 2.39. The molecule has 1 saturated heterocycles. The molecule has 5 nitrogen and oxygen atoms in total. The summed E-state index contributed by atoms with van der Waals surface area (Å²) in [7, 11) is 0. The van der Waals surface area contributed by atoms with Gasteiger partial charge >= 0.3 is 0 Å². The zero-order valence-electron chi connectivity index (χ0n) is 12.5. The Bertz CT molecular complexity index is 433. The maximum atomic E-state index is 6.25. The van der Waals surface area contributed by atoms with E-state index in [1.165, 1.54) is 32.1 Å². The smallest absolute Gasteiger partial charge is 0.232 e. The van der Waals surface area contributed by atoms with Crippen LogP contribution in [0.1, 0.15) is 69.6 Å². The van der Waals surface area contributed by atoms with Crippen LogP contribution in [0, 0.1) is 0 Å². The molecule has 1 aromatic rings. The highest BCUT2D eigenvalue weighted by atomic mass is 16.5. The van der Waals surface area contributed by atoms with Crippen molar-refractivity contribution in [3.63, 3.8) is 0 Å². The topological polar surface area (TPSA) is 68.2 Å². The van der Waals surface area contributed by atoms with Gasteiger partial charge in [-0.15, -0.1) is 0 Å². The lowest BCUT2D eigenvalue weighted by Crippen LogP contribution is -2.36. The molecule has 1 aliphatic carbocycles. The monoisotopic (exact) mass is 278 g/mol. The summed E-state index contributed by atoms with van der Waals surface area (Å²) in [6, 6.07) is -0.129. The van der Waals surface area contributed by atoms with Gasteiger partial charge in [0, 0.05) is 12.0 Å². The summed E-state index contributed by atoms with van der Waals surface area (Å²) in [4.78, 5) is 7.02. The van der Waals surface area contributed by atoms with Crippen LogP contribution in [-0.2, 0) is 5.41 Å². The Labute approximate surface area is 120 Å². The molecule has 0 aromatic carbocycles. The number of rotatable bonds is 4. The molecule has 1 aliphatic heterocycles. The van der Waals surface area contributed by atoms with Crippen molar-refractivity contribution in [1.29, 1.82) is 0 Å². The highest BCUT2D eigenvalue weighted by Gasteiger charge is 2.36. The number of nitrogens with zero attached hydrogens (tertiary/aromatic N) is 3. The minimum absolute atomic E-state index is 0.0795. The van der Waals surface area contributed by atoms with Crippen molar-refractivity contribution in [2.24, 2.45) is 5.73 Å². The van der Waals surface area contributed by atoms with Crippen LogP contribution in [0.3, 0.4) is 0 Å². The van der Waals surface area contributed by atoms with Gasteiger partial charge in [-0.2, -0.15) is 4.98 Å². The van der Waals surface area contributed by atoms with Crippen LogP contribution < -0.4 is 5.73 Å². The van der Waals surface area contributed by atoms with Crippen molar-refractivity contribution in [3.05, 3.63) is 11.7 Å². The fraction of sp³-hybridized carbons (Fsp3) is 0.867. The van der Waals surface area contributed by atoms with E-state index < -0.39 is 0 Å². The summed E-state index contributed by atoms with van der Waals surface area (Å²) < 4.78 is 5.50. The lowest BCUT2D eigenvalue weighted by molar-refractivity contribution is 0.213. The van der Waals surface area contributed by atoms with Gasteiger partial charge in [0.15, 0.2) is 5.82 Å². The molecule has 2 heterocycles. The highest BCUT2D eigenvalue weighted by molar-refractivity contribution is 5.07. The Balaban J connectivity index is 1.63. The zero-order chi connectivity index (χ0) is 14.0. The summed E-state index contributed by atoms with van der Waals surface area (Å²) in [6.45, 7) is 5.37. The second kappa shape index (κ2) is 5.82. The fourth-order valence-corrected chi connectivity index (χ4v) is 3.50. The van der Waals surface area contributed by atoms with E-state index in [0.717, 1.165) is 38.4 Å². The van der Waals surface area contributed by atoms with Gasteiger partial charge in [-0.25, -0.2) is 0 Å². The normalized spacial score (nSPS) is 24.9. The van der Waals surface area contributed by atoms with E-state index in [4.69, 9.17) is 10.3 Å². The molecular formula is C15H26N4O. The first kappa shape index (κ1) is 14.0. The average molecular weight is 278 g/mol. The summed E-state index contributed by atoms with van der Waals surface area (Å²) in [6.07, 6.45) is 8.72.